The van der Waals surface area contributed by atoms with Crippen LogP contribution in [0.1, 0.15) is 20.8 Å². The molecule has 2 heterocycles. The first-order chi connectivity index (χ1) is 5.88. The molecule has 2 nitrogen and oxygen atoms in total. The molecule has 1 aromatic rings. The average Bonchev–Trinajstić information content (AvgIpc) is 2.53. The second-order valence-electron chi connectivity index (χ2n) is 2.48. The summed E-state index contributed by atoms with van der Waals surface area (Å²) >= 11 is 0. The van der Waals surface area contributed by atoms with Gasteiger partial charge in [-0.15, -0.1) is 0 Å². The molecule has 0 unspecified atom stereocenters. The van der Waals surface area contributed by atoms with Crippen LogP contribution in [0.15, 0.2) is 29.4 Å². The van der Waals surface area contributed by atoms with Gasteiger partial charge in [-0.3, -0.25) is 0 Å². The van der Waals surface area contributed by atoms with Crippen molar-refractivity contribution in [3.05, 3.63) is 35.6 Å². The van der Waals surface area contributed by atoms with Crippen molar-refractivity contribution in [1.29, 1.82) is 0 Å². The first-order valence-electron chi connectivity index (χ1n) is 4.39. The molecule has 1 aliphatic heterocycles. The van der Waals surface area contributed by atoms with Crippen LogP contribution in [0.5, 0.6) is 0 Å². The number of rotatable bonds is 0. The van der Waals surface area contributed by atoms with Gasteiger partial charge in [0.05, 0.1) is 6.20 Å². The number of hydrogen-bond donors (Lipinski definition) is 0. The van der Waals surface area contributed by atoms with E-state index in [1.54, 1.807) is 0 Å². The van der Waals surface area contributed by atoms with Gasteiger partial charge in [0.2, 0.25) is 0 Å². The zero-order valence-corrected chi connectivity index (χ0v) is 7.91. The molecular formula is C10H15N2+. The van der Waals surface area contributed by atoms with Crippen LogP contribution in [0.3, 0.4) is 0 Å². The molecule has 1 aliphatic rings. The topological polar surface area (TPSA) is 18.3 Å². The third-order valence-corrected chi connectivity index (χ3v) is 1.72. The van der Waals surface area contributed by atoms with Gasteiger partial charge >= 0.3 is 5.49 Å². The fourth-order valence-electron chi connectivity index (χ4n) is 1.16. The van der Waals surface area contributed by atoms with Crippen LogP contribution < -0.4 is 9.73 Å². The van der Waals surface area contributed by atoms with Crippen LogP contribution >= 0.6 is 0 Å². The van der Waals surface area contributed by atoms with Gasteiger partial charge < -0.3 is 0 Å². The second kappa shape index (κ2) is 4.00. The van der Waals surface area contributed by atoms with Crippen LogP contribution in [0, 0.1) is 5.71 Å². The molecule has 2 heteroatoms. The van der Waals surface area contributed by atoms with Gasteiger partial charge in [0.15, 0.2) is 6.54 Å². The highest BCUT2D eigenvalue weighted by molar-refractivity contribution is 4.87. The van der Waals surface area contributed by atoms with Gasteiger partial charge in [0, 0.05) is 6.07 Å². The van der Waals surface area contributed by atoms with E-state index in [0.29, 0.717) is 0 Å². The van der Waals surface area contributed by atoms with Crippen molar-refractivity contribution < 1.29 is 4.24 Å². The Morgan fingerprint density at radius 2 is 2.08 bits per heavy atom. The van der Waals surface area contributed by atoms with E-state index in [2.05, 4.69) is 16.2 Å². The molecule has 0 aliphatic carbocycles. The third kappa shape index (κ3) is 1.52. The predicted molar refractivity (Wildman–Crippen MR) is 48.3 cm³/mol. The lowest BCUT2D eigenvalue weighted by Crippen LogP contribution is -2.35. The predicted octanol–water partition coefficient (Wildman–Crippen LogP) is 1.03. The highest BCUT2D eigenvalue weighted by Gasteiger charge is 2.08. The van der Waals surface area contributed by atoms with Crippen molar-refractivity contribution in [2.75, 3.05) is 6.54 Å². The van der Waals surface area contributed by atoms with Gasteiger partial charge in [-0.2, -0.15) is 0 Å². The van der Waals surface area contributed by atoms with Gasteiger partial charge in [0.1, 0.15) is 5.71 Å². The molecule has 0 fully saturated rings. The Kier molecular flexibility index (Phi) is 2.97. The molecule has 0 amide bonds. The maximum absolute atomic E-state index is 4.31. The lowest BCUT2D eigenvalue weighted by Gasteiger charge is -1.79. The van der Waals surface area contributed by atoms with Gasteiger partial charge in [0.25, 0.3) is 0 Å². The summed E-state index contributed by atoms with van der Waals surface area (Å²) in [6.45, 7) is 6.95. The molecule has 0 N–H and O–H groups in total. The van der Waals surface area contributed by atoms with E-state index in [9.17, 15) is 0 Å². The average molecular weight is 163 g/mol. The van der Waals surface area contributed by atoms with E-state index in [0.717, 1.165) is 12.0 Å². The molecule has 0 atom stereocenters. The Morgan fingerprint density at radius 3 is 2.75 bits per heavy atom. The van der Waals surface area contributed by atoms with E-state index in [-0.39, 0.29) is 0 Å². The summed E-state index contributed by atoms with van der Waals surface area (Å²) in [7, 11) is 0. The van der Waals surface area contributed by atoms with Crippen molar-refractivity contribution in [2.24, 2.45) is 4.99 Å². The Labute approximate surface area is 72.9 Å². The van der Waals surface area contributed by atoms with Crippen molar-refractivity contribution in [2.45, 2.75) is 20.8 Å². The van der Waals surface area contributed by atoms with E-state index in [4.69, 9.17) is 0 Å². The molecule has 2 rings (SSSR count). The van der Waals surface area contributed by atoms with E-state index >= 15 is 0 Å². The zero-order valence-electron chi connectivity index (χ0n) is 7.91. The molecule has 0 saturated carbocycles. The van der Waals surface area contributed by atoms with Crippen molar-refractivity contribution >= 4 is 0 Å². The maximum atomic E-state index is 4.31. The minimum Gasteiger partial charge on any atom is -0.201 e. The standard InChI is InChI=1S/C8H9N2.C2H6/c1-7-6-9-8-4-2-3-5-10(7)8;1-2/h2-5H,6H2,1H3;1-2H3/q+1;. The first kappa shape index (κ1) is 8.91. The van der Waals surface area contributed by atoms with Gasteiger partial charge in [-0.1, -0.05) is 24.9 Å². The lowest BCUT2D eigenvalue weighted by atomic mass is 10.4. The number of fused-ring (bicyclic) bond motifs is 1. The van der Waals surface area contributed by atoms with Gasteiger partial charge in [-0.05, 0) is 13.0 Å². The van der Waals surface area contributed by atoms with Crippen molar-refractivity contribution in [3.63, 3.8) is 0 Å². The molecule has 0 saturated heterocycles. The summed E-state index contributed by atoms with van der Waals surface area (Å²) in [5.41, 5.74) is 2.37. The summed E-state index contributed by atoms with van der Waals surface area (Å²) in [5.74, 6) is 0. The number of nitrogens with zero attached hydrogens (tertiary/aromatic N) is 2. The molecule has 12 heavy (non-hydrogen) atoms. The Morgan fingerprint density at radius 1 is 1.33 bits per heavy atom. The van der Waals surface area contributed by atoms with Crippen LogP contribution in [0.25, 0.3) is 0 Å². The smallest absolute Gasteiger partial charge is 0.201 e. The van der Waals surface area contributed by atoms with E-state index in [1.165, 1.54) is 5.71 Å². The summed E-state index contributed by atoms with van der Waals surface area (Å²) in [6.07, 6.45) is 2.04. The molecule has 0 spiro atoms. The van der Waals surface area contributed by atoms with Crippen molar-refractivity contribution in [3.8, 4) is 0 Å². The van der Waals surface area contributed by atoms with E-state index < -0.39 is 0 Å². The zero-order chi connectivity index (χ0) is 8.97. The quantitative estimate of drug-likeness (QED) is 0.509. The summed E-state index contributed by atoms with van der Waals surface area (Å²) < 4.78 is 2.11. The number of hydrogen-bond acceptors (Lipinski definition) is 1. The molecular weight excluding hydrogens is 148 g/mol. The Bertz CT molecular complexity index is 366. The lowest BCUT2D eigenvalue weighted by molar-refractivity contribution is -0.534. The molecule has 64 valence electrons. The second-order valence-corrected chi connectivity index (χ2v) is 2.48. The third-order valence-electron chi connectivity index (χ3n) is 1.72. The fraction of sp³-hybridized carbons (Fsp3) is 0.400. The Hall–Kier alpha value is -1.18. The molecule has 0 aromatic carbocycles. The number of aromatic nitrogens is 1. The Balaban J connectivity index is 0.000000336. The molecule has 0 radical (unpaired) electrons. The van der Waals surface area contributed by atoms with Gasteiger partial charge in [-0.25, -0.2) is 4.24 Å². The largest absolute Gasteiger partial charge is 0.322 e. The fourth-order valence-corrected chi connectivity index (χ4v) is 1.16. The molecule has 1 aromatic heterocycles. The van der Waals surface area contributed by atoms with Crippen LogP contribution in [0.4, 0.5) is 0 Å². The van der Waals surface area contributed by atoms with Crippen LogP contribution in [-0.2, 0) is 0 Å². The summed E-state index contributed by atoms with van der Waals surface area (Å²) in [5, 5.41) is 0. The summed E-state index contributed by atoms with van der Waals surface area (Å²) in [6, 6.07) is 6.05. The normalized spacial score (nSPS) is 12.8. The highest BCUT2D eigenvalue weighted by atomic mass is 15.0. The molecule has 0 bridgehead atoms. The van der Waals surface area contributed by atoms with Crippen LogP contribution in [-0.4, -0.2) is 6.54 Å². The first-order valence-corrected chi connectivity index (χ1v) is 4.39. The SMILES string of the molecule is CC.CC1=[n+]2ccccc2=NC1. The number of pyridine rings is 1. The monoisotopic (exact) mass is 163 g/mol. The van der Waals surface area contributed by atoms with Crippen LogP contribution in [0.2, 0.25) is 0 Å². The maximum Gasteiger partial charge on any atom is 0.322 e. The minimum absolute atomic E-state index is 0.851. The van der Waals surface area contributed by atoms with E-state index in [1.807, 2.05) is 38.2 Å². The van der Waals surface area contributed by atoms with Crippen molar-refractivity contribution in [1.82, 2.24) is 0 Å². The highest BCUT2D eigenvalue weighted by Crippen LogP contribution is 1.85. The summed E-state index contributed by atoms with van der Waals surface area (Å²) in [4.78, 5) is 4.31. The minimum atomic E-state index is 0.851.